The Balaban J connectivity index is 1.47. The van der Waals surface area contributed by atoms with E-state index >= 15 is 0 Å². The molecule has 6 nitrogen and oxygen atoms in total. The molecule has 8 heteroatoms. The molecule has 0 bridgehead atoms. The van der Waals surface area contributed by atoms with Crippen LogP contribution in [0.3, 0.4) is 0 Å². The zero-order chi connectivity index (χ0) is 24.9. The zero-order valence-electron chi connectivity index (χ0n) is 19.0. The maximum atomic E-state index is 13.5. The number of carbonyl (C=O) groups is 2. The topological polar surface area (TPSA) is 77.5 Å². The maximum Gasteiger partial charge on any atom is 0.338 e. The fourth-order valence-electron chi connectivity index (χ4n) is 3.55. The normalized spacial score (nSPS) is 11.7. The summed E-state index contributed by atoms with van der Waals surface area (Å²) in [6, 6.07) is 17.8. The molecule has 1 atom stereocenters. The van der Waals surface area contributed by atoms with Gasteiger partial charge >= 0.3 is 5.97 Å². The third kappa shape index (κ3) is 5.58. The predicted molar refractivity (Wildman–Crippen MR) is 133 cm³/mol. The van der Waals surface area contributed by atoms with E-state index in [1.807, 2.05) is 12.1 Å². The summed E-state index contributed by atoms with van der Waals surface area (Å²) in [5.74, 6) is -0.715. The molecule has 4 rings (SSSR count). The summed E-state index contributed by atoms with van der Waals surface area (Å²) in [6.45, 7) is 3.66. The standard InChI is InChI=1S/C27H22ClFN2O4/c1-3-34-27(33)17-4-7-19(8-5-17)31-26(32)16(2)35-20-9-11-23-21(12-13-30-25(23)15-20)22-10-6-18(29)14-24(22)28/h4-16H,3H2,1-2H3,(H,31,32). The SMILES string of the molecule is CCOC(=O)c1ccc(NC(=O)C(C)Oc2ccc3c(-c4ccc(F)cc4Cl)ccnc3c2)cc1. The van der Waals surface area contributed by atoms with E-state index in [4.69, 9.17) is 21.1 Å². The number of hydrogen-bond acceptors (Lipinski definition) is 5. The largest absolute Gasteiger partial charge is 0.481 e. The maximum absolute atomic E-state index is 13.5. The molecule has 3 aromatic carbocycles. The van der Waals surface area contributed by atoms with Crippen LogP contribution in [0.4, 0.5) is 10.1 Å². The Morgan fingerprint density at radius 1 is 1.03 bits per heavy atom. The molecule has 1 heterocycles. The number of halogens is 2. The Labute approximate surface area is 206 Å². The molecule has 0 aliphatic heterocycles. The summed E-state index contributed by atoms with van der Waals surface area (Å²) in [6.07, 6.45) is 0.837. The molecule has 0 aliphatic carbocycles. The molecule has 0 spiro atoms. The lowest BCUT2D eigenvalue weighted by atomic mass is 10.0. The number of benzene rings is 3. The molecule has 0 fully saturated rings. The lowest BCUT2D eigenvalue weighted by Gasteiger charge is -2.16. The molecule has 35 heavy (non-hydrogen) atoms. The first-order valence-electron chi connectivity index (χ1n) is 10.9. The Hall–Kier alpha value is -3.97. The summed E-state index contributed by atoms with van der Waals surface area (Å²) in [7, 11) is 0. The van der Waals surface area contributed by atoms with Crippen molar-refractivity contribution in [2.45, 2.75) is 20.0 Å². The monoisotopic (exact) mass is 492 g/mol. The van der Waals surface area contributed by atoms with Crippen LogP contribution < -0.4 is 10.1 Å². The molecule has 1 N–H and O–H groups in total. The van der Waals surface area contributed by atoms with Crippen molar-refractivity contribution in [3.63, 3.8) is 0 Å². The van der Waals surface area contributed by atoms with Crippen LogP contribution in [0.5, 0.6) is 5.75 Å². The fourth-order valence-corrected chi connectivity index (χ4v) is 3.82. The average Bonchev–Trinajstić information content (AvgIpc) is 2.84. The van der Waals surface area contributed by atoms with E-state index in [0.717, 1.165) is 10.9 Å². The van der Waals surface area contributed by atoms with Crippen LogP contribution in [0.25, 0.3) is 22.0 Å². The molecule has 4 aromatic rings. The van der Waals surface area contributed by atoms with Gasteiger partial charge in [0.15, 0.2) is 6.10 Å². The van der Waals surface area contributed by atoms with Crippen LogP contribution in [-0.4, -0.2) is 29.6 Å². The van der Waals surface area contributed by atoms with Gasteiger partial charge in [-0.2, -0.15) is 0 Å². The van der Waals surface area contributed by atoms with Gasteiger partial charge in [0.25, 0.3) is 5.91 Å². The van der Waals surface area contributed by atoms with Crippen LogP contribution in [0, 0.1) is 5.82 Å². The van der Waals surface area contributed by atoms with Gasteiger partial charge in [-0.15, -0.1) is 0 Å². The van der Waals surface area contributed by atoms with Crippen LogP contribution in [0.15, 0.2) is 72.9 Å². The second-order valence-corrected chi connectivity index (χ2v) is 8.12. The Morgan fingerprint density at radius 2 is 1.80 bits per heavy atom. The zero-order valence-corrected chi connectivity index (χ0v) is 19.8. The minimum atomic E-state index is -0.799. The first-order chi connectivity index (χ1) is 16.9. The third-order valence-electron chi connectivity index (χ3n) is 5.28. The van der Waals surface area contributed by atoms with E-state index in [2.05, 4.69) is 10.3 Å². The summed E-state index contributed by atoms with van der Waals surface area (Å²) < 4.78 is 24.3. The quantitative estimate of drug-likeness (QED) is 0.307. The number of carbonyl (C=O) groups excluding carboxylic acids is 2. The summed E-state index contributed by atoms with van der Waals surface area (Å²) >= 11 is 6.25. The first kappa shape index (κ1) is 24.2. The van der Waals surface area contributed by atoms with Crippen LogP contribution in [0.1, 0.15) is 24.2 Å². The number of aromatic nitrogens is 1. The molecule has 1 unspecified atom stereocenters. The van der Waals surface area contributed by atoms with Gasteiger partial charge in [0.05, 0.1) is 22.7 Å². The van der Waals surface area contributed by atoms with E-state index in [-0.39, 0.29) is 12.5 Å². The molecule has 0 saturated carbocycles. The molecular weight excluding hydrogens is 471 g/mol. The van der Waals surface area contributed by atoms with Gasteiger partial charge < -0.3 is 14.8 Å². The van der Waals surface area contributed by atoms with E-state index in [1.54, 1.807) is 62.5 Å². The highest BCUT2D eigenvalue weighted by molar-refractivity contribution is 6.33. The molecule has 1 amide bonds. The van der Waals surface area contributed by atoms with Gasteiger partial charge in [-0.3, -0.25) is 9.78 Å². The van der Waals surface area contributed by atoms with Crippen molar-refractivity contribution in [3.8, 4) is 16.9 Å². The summed E-state index contributed by atoms with van der Waals surface area (Å²) in [4.78, 5) is 28.8. The molecule has 0 radical (unpaired) electrons. The van der Waals surface area contributed by atoms with Crippen molar-refractivity contribution in [1.29, 1.82) is 0 Å². The van der Waals surface area contributed by atoms with Crippen LogP contribution in [0.2, 0.25) is 5.02 Å². The summed E-state index contributed by atoms with van der Waals surface area (Å²) in [5.41, 5.74) is 3.07. The smallest absolute Gasteiger partial charge is 0.338 e. The van der Waals surface area contributed by atoms with E-state index in [9.17, 15) is 14.0 Å². The van der Waals surface area contributed by atoms with Crippen molar-refractivity contribution < 1.29 is 23.5 Å². The Morgan fingerprint density at radius 3 is 2.51 bits per heavy atom. The minimum absolute atomic E-state index is 0.289. The van der Waals surface area contributed by atoms with Crippen LogP contribution in [-0.2, 0) is 9.53 Å². The highest BCUT2D eigenvalue weighted by Crippen LogP contribution is 2.34. The highest BCUT2D eigenvalue weighted by atomic mass is 35.5. The predicted octanol–water partition coefficient (Wildman–Crippen LogP) is 6.28. The van der Waals surface area contributed by atoms with Crippen molar-refractivity contribution in [2.24, 2.45) is 0 Å². The van der Waals surface area contributed by atoms with Crippen molar-refractivity contribution in [3.05, 3.63) is 89.3 Å². The van der Waals surface area contributed by atoms with E-state index < -0.39 is 17.9 Å². The number of ether oxygens (including phenoxy) is 2. The number of esters is 1. The minimum Gasteiger partial charge on any atom is -0.481 e. The number of nitrogens with one attached hydrogen (secondary N) is 1. The average molecular weight is 493 g/mol. The second-order valence-electron chi connectivity index (χ2n) is 7.71. The van der Waals surface area contributed by atoms with Gasteiger partial charge in [-0.25, -0.2) is 9.18 Å². The first-order valence-corrected chi connectivity index (χ1v) is 11.3. The number of amides is 1. The molecular formula is C27H22ClFN2O4. The number of nitrogens with zero attached hydrogens (tertiary/aromatic N) is 1. The lowest BCUT2D eigenvalue weighted by Crippen LogP contribution is -2.30. The van der Waals surface area contributed by atoms with Gasteiger partial charge in [0, 0.05) is 28.9 Å². The number of rotatable bonds is 7. The van der Waals surface area contributed by atoms with Gasteiger partial charge in [-0.05, 0) is 80.1 Å². The number of pyridine rings is 1. The van der Waals surface area contributed by atoms with Crippen LogP contribution >= 0.6 is 11.6 Å². The van der Waals surface area contributed by atoms with E-state index in [0.29, 0.717) is 33.1 Å². The van der Waals surface area contributed by atoms with Crippen molar-refractivity contribution in [1.82, 2.24) is 4.98 Å². The summed E-state index contributed by atoms with van der Waals surface area (Å²) in [5, 5.41) is 3.88. The number of fused-ring (bicyclic) bond motifs is 1. The molecule has 0 aliphatic rings. The Kier molecular flexibility index (Phi) is 7.27. The van der Waals surface area contributed by atoms with Crippen molar-refractivity contribution in [2.75, 3.05) is 11.9 Å². The molecule has 178 valence electrons. The number of hydrogen-bond donors (Lipinski definition) is 1. The second kappa shape index (κ2) is 10.5. The highest BCUT2D eigenvalue weighted by Gasteiger charge is 2.17. The molecule has 0 saturated heterocycles. The van der Waals surface area contributed by atoms with Gasteiger partial charge in [0.1, 0.15) is 11.6 Å². The fraction of sp³-hybridized carbons (Fsp3) is 0.148. The van der Waals surface area contributed by atoms with E-state index in [1.165, 1.54) is 12.1 Å². The van der Waals surface area contributed by atoms with Gasteiger partial charge in [-0.1, -0.05) is 11.6 Å². The Bertz CT molecular complexity index is 1390. The lowest BCUT2D eigenvalue weighted by molar-refractivity contribution is -0.122. The third-order valence-corrected chi connectivity index (χ3v) is 5.59. The molecule has 1 aromatic heterocycles. The van der Waals surface area contributed by atoms with Crippen molar-refractivity contribution >= 4 is 40.1 Å². The van der Waals surface area contributed by atoms with Gasteiger partial charge in [0.2, 0.25) is 0 Å². The number of anilines is 1.